The minimum absolute atomic E-state index is 0.246. The van der Waals surface area contributed by atoms with E-state index in [1.807, 2.05) is 0 Å². The van der Waals surface area contributed by atoms with Crippen molar-refractivity contribution in [3.8, 4) is 5.69 Å². The molecule has 1 aliphatic rings. The molecular formula is C25H29ClF3N5O3. The highest BCUT2D eigenvalue weighted by atomic mass is 35.5. The molecule has 1 aromatic heterocycles. The quantitative estimate of drug-likeness (QED) is 0.449. The van der Waals surface area contributed by atoms with Gasteiger partial charge in [-0.25, -0.2) is 18.8 Å². The Hall–Kier alpha value is -3.34. The smallest absolute Gasteiger partial charge is 0.416 e. The van der Waals surface area contributed by atoms with Crippen LogP contribution >= 0.6 is 11.6 Å². The Bertz CT molecular complexity index is 1250. The van der Waals surface area contributed by atoms with Crippen molar-refractivity contribution in [2.75, 3.05) is 13.1 Å². The highest BCUT2D eigenvalue weighted by molar-refractivity contribution is 6.25. The van der Waals surface area contributed by atoms with E-state index in [-0.39, 0.29) is 17.6 Å². The third kappa shape index (κ3) is 7.12. The van der Waals surface area contributed by atoms with Crippen molar-refractivity contribution in [1.82, 2.24) is 19.2 Å². The Balaban J connectivity index is 1.95. The SMILES string of the molecule is C\C(=C/C=N\C=C\Cl)c1nn(C2CCN(C(=O)OC(C)(C)C)CC2)c(=O)n1-c1ccc(C(F)(F)F)cc1. The van der Waals surface area contributed by atoms with E-state index < -0.39 is 29.1 Å². The lowest BCUT2D eigenvalue weighted by Gasteiger charge is -2.33. The van der Waals surface area contributed by atoms with Gasteiger partial charge in [0, 0.05) is 31.0 Å². The summed E-state index contributed by atoms with van der Waals surface area (Å²) in [6.45, 7) is 7.84. The van der Waals surface area contributed by atoms with E-state index in [2.05, 4.69) is 10.1 Å². The molecule has 2 heterocycles. The van der Waals surface area contributed by atoms with E-state index in [0.717, 1.165) is 12.1 Å². The van der Waals surface area contributed by atoms with E-state index in [0.29, 0.717) is 31.5 Å². The van der Waals surface area contributed by atoms with Crippen LogP contribution in [0.2, 0.25) is 0 Å². The maximum Gasteiger partial charge on any atom is 0.416 e. The number of hydrogen-bond donors (Lipinski definition) is 0. The van der Waals surface area contributed by atoms with Gasteiger partial charge in [-0.1, -0.05) is 11.6 Å². The number of benzene rings is 1. The monoisotopic (exact) mass is 539 g/mol. The van der Waals surface area contributed by atoms with Crippen molar-refractivity contribution in [2.24, 2.45) is 4.99 Å². The Morgan fingerprint density at radius 3 is 2.32 bits per heavy atom. The van der Waals surface area contributed by atoms with Gasteiger partial charge in [0.1, 0.15) is 5.60 Å². The lowest BCUT2D eigenvalue weighted by molar-refractivity contribution is -0.137. The molecule has 1 aromatic carbocycles. The third-order valence-electron chi connectivity index (χ3n) is 5.62. The number of aliphatic imine (C=N–C) groups is 1. The van der Waals surface area contributed by atoms with Crippen molar-refractivity contribution in [1.29, 1.82) is 0 Å². The second kappa shape index (κ2) is 11.4. The zero-order valence-corrected chi connectivity index (χ0v) is 21.8. The van der Waals surface area contributed by atoms with E-state index in [1.54, 1.807) is 38.7 Å². The second-order valence-electron chi connectivity index (χ2n) is 9.55. The fourth-order valence-corrected chi connectivity index (χ4v) is 3.90. The van der Waals surface area contributed by atoms with Crippen LogP contribution in [0.5, 0.6) is 0 Å². The summed E-state index contributed by atoms with van der Waals surface area (Å²) in [7, 11) is 0. The molecule has 1 amide bonds. The van der Waals surface area contributed by atoms with Crippen LogP contribution in [0.1, 0.15) is 58.0 Å². The van der Waals surface area contributed by atoms with E-state index in [4.69, 9.17) is 16.3 Å². The molecule has 200 valence electrons. The first-order valence-electron chi connectivity index (χ1n) is 11.6. The number of hydrogen-bond acceptors (Lipinski definition) is 5. The molecular weight excluding hydrogens is 511 g/mol. The molecule has 0 bridgehead atoms. The van der Waals surface area contributed by atoms with Crippen molar-refractivity contribution in [2.45, 2.75) is 58.4 Å². The largest absolute Gasteiger partial charge is 0.444 e. The number of nitrogens with zero attached hydrogens (tertiary/aromatic N) is 5. The zero-order valence-electron chi connectivity index (χ0n) is 21.0. The summed E-state index contributed by atoms with van der Waals surface area (Å²) < 4.78 is 47.3. The molecule has 0 saturated carbocycles. The van der Waals surface area contributed by atoms with Crippen molar-refractivity contribution >= 4 is 29.5 Å². The average Bonchev–Trinajstić information content (AvgIpc) is 3.17. The van der Waals surface area contributed by atoms with Crippen LogP contribution in [-0.2, 0) is 10.9 Å². The first-order chi connectivity index (χ1) is 17.3. The predicted octanol–water partition coefficient (Wildman–Crippen LogP) is 5.81. The lowest BCUT2D eigenvalue weighted by atomic mass is 10.1. The van der Waals surface area contributed by atoms with Gasteiger partial charge >= 0.3 is 18.0 Å². The summed E-state index contributed by atoms with van der Waals surface area (Å²) in [6, 6.07) is 4.02. The van der Waals surface area contributed by atoms with Crippen LogP contribution in [0.3, 0.4) is 0 Å². The summed E-state index contributed by atoms with van der Waals surface area (Å²) in [5.41, 5.74) is 0.114. The van der Waals surface area contributed by atoms with Crippen molar-refractivity contribution < 1.29 is 22.7 Å². The molecule has 0 atom stereocenters. The molecule has 1 fully saturated rings. The Kier molecular flexibility index (Phi) is 8.68. The predicted molar refractivity (Wildman–Crippen MR) is 136 cm³/mol. The van der Waals surface area contributed by atoms with Gasteiger partial charge in [-0.3, -0.25) is 4.99 Å². The Labute approximate surface area is 217 Å². The van der Waals surface area contributed by atoms with Crippen LogP contribution in [0, 0.1) is 0 Å². The maximum absolute atomic E-state index is 13.5. The standard InChI is InChI=1S/C25H29ClF3N5O3/c1-17(9-13-30-14-12-26)21-31-34(20-10-15-32(16-11-20)23(36)37-24(2,3)4)22(35)33(21)19-7-5-18(6-8-19)25(27,28)29/h5-9,12-14,20H,10-11,15-16H2,1-4H3/b14-12+,17-9+,30-13-. The molecule has 37 heavy (non-hydrogen) atoms. The molecule has 12 heteroatoms. The summed E-state index contributed by atoms with van der Waals surface area (Å²) >= 11 is 5.47. The summed E-state index contributed by atoms with van der Waals surface area (Å²) in [4.78, 5) is 31.5. The summed E-state index contributed by atoms with van der Waals surface area (Å²) in [6.07, 6.45) is 0.466. The third-order valence-corrected chi connectivity index (χ3v) is 5.73. The van der Waals surface area contributed by atoms with Gasteiger partial charge in [0.2, 0.25) is 0 Å². The molecule has 0 N–H and O–H groups in total. The molecule has 2 aromatic rings. The van der Waals surface area contributed by atoms with Crippen LogP contribution in [0.4, 0.5) is 18.0 Å². The first kappa shape index (κ1) is 28.2. The van der Waals surface area contributed by atoms with Crippen LogP contribution in [0.15, 0.2) is 51.9 Å². The first-order valence-corrected chi connectivity index (χ1v) is 12.1. The highest BCUT2D eigenvalue weighted by Gasteiger charge is 2.32. The van der Waals surface area contributed by atoms with Crippen molar-refractivity contribution in [3.05, 3.63) is 63.9 Å². The number of amides is 1. The summed E-state index contributed by atoms with van der Waals surface area (Å²) in [5.74, 6) is 0.264. The highest BCUT2D eigenvalue weighted by Crippen LogP contribution is 2.30. The molecule has 8 nitrogen and oxygen atoms in total. The van der Waals surface area contributed by atoms with Crippen LogP contribution in [-0.4, -0.2) is 50.2 Å². The average molecular weight is 540 g/mol. The fraction of sp³-hybridized carbons (Fsp3) is 0.440. The number of aromatic nitrogens is 3. The van der Waals surface area contributed by atoms with Gasteiger partial charge in [0.05, 0.1) is 17.3 Å². The van der Waals surface area contributed by atoms with Gasteiger partial charge in [-0.05, 0) is 76.5 Å². The number of allylic oxidation sites excluding steroid dienone is 2. The number of piperidine rings is 1. The van der Waals surface area contributed by atoms with Gasteiger partial charge in [0.25, 0.3) is 0 Å². The van der Waals surface area contributed by atoms with Gasteiger partial charge < -0.3 is 9.64 Å². The number of likely N-dealkylation sites (tertiary alicyclic amines) is 1. The Morgan fingerprint density at radius 2 is 1.78 bits per heavy atom. The van der Waals surface area contributed by atoms with Crippen LogP contribution < -0.4 is 5.69 Å². The number of carbonyl (C=O) groups is 1. The van der Waals surface area contributed by atoms with Gasteiger partial charge in [0.15, 0.2) is 5.82 Å². The minimum Gasteiger partial charge on any atom is -0.444 e. The number of halogens is 4. The molecule has 0 radical (unpaired) electrons. The number of rotatable bonds is 5. The molecule has 3 rings (SSSR count). The maximum atomic E-state index is 13.5. The molecule has 1 aliphatic heterocycles. The molecule has 0 spiro atoms. The van der Waals surface area contributed by atoms with E-state index >= 15 is 0 Å². The number of alkyl halides is 3. The van der Waals surface area contributed by atoms with Gasteiger partial charge in [-0.2, -0.15) is 13.2 Å². The summed E-state index contributed by atoms with van der Waals surface area (Å²) in [5, 5.41) is 4.55. The minimum atomic E-state index is -4.50. The van der Waals surface area contributed by atoms with Crippen LogP contribution in [0.25, 0.3) is 11.3 Å². The van der Waals surface area contributed by atoms with E-state index in [1.165, 1.54) is 39.3 Å². The topological polar surface area (TPSA) is 81.7 Å². The zero-order chi connectivity index (χ0) is 27.4. The number of ether oxygens (including phenoxy) is 1. The van der Waals surface area contributed by atoms with Crippen molar-refractivity contribution in [3.63, 3.8) is 0 Å². The molecule has 0 aliphatic carbocycles. The molecule has 1 saturated heterocycles. The van der Waals surface area contributed by atoms with Gasteiger partial charge in [-0.15, -0.1) is 5.10 Å². The Morgan fingerprint density at radius 1 is 1.16 bits per heavy atom. The fourth-order valence-electron chi connectivity index (χ4n) is 3.84. The lowest BCUT2D eigenvalue weighted by Crippen LogP contribution is -2.43. The van der Waals surface area contributed by atoms with E-state index in [9.17, 15) is 22.8 Å². The normalized spacial score (nSPS) is 16.2. The second-order valence-corrected chi connectivity index (χ2v) is 9.80. The number of carbonyl (C=O) groups excluding carboxylic acids is 1. The molecule has 0 unspecified atom stereocenters.